The van der Waals surface area contributed by atoms with Gasteiger partial charge < -0.3 is 15.6 Å². The Balaban J connectivity index is 2.43. The van der Waals surface area contributed by atoms with Crippen molar-refractivity contribution in [2.45, 2.75) is 26.0 Å². The van der Waals surface area contributed by atoms with Gasteiger partial charge in [0.15, 0.2) is 11.6 Å². The van der Waals surface area contributed by atoms with E-state index in [4.69, 9.17) is 27.2 Å². The molecule has 0 amide bonds. The standard InChI is InChI=1S/C16H16ClF2NO2/c1-2-14(20)12-3-4-13(17)16(15(12)19)22-11-6-9(8-21)5-10(18)7-11/h3-7,14,21H,2,8,20H2,1H3/t14-/m0/s1. The van der Waals surface area contributed by atoms with Crippen LogP contribution in [0.2, 0.25) is 5.02 Å². The summed E-state index contributed by atoms with van der Waals surface area (Å²) in [5, 5.41) is 9.13. The SMILES string of the molecule is CC[C@H](N)c1ccc(Cl)c(Oc2cc(F)cc(CO)c2)c1F. The van der Waals surface area contributed by atoms with Crippen molar-refractivity contribution in [3.8, 4) is 11.5 Å². The lowest BCUT2D eigenvalue weighted by atomic mass is 10.0. The van der Waals surface area contributed by atoms with E-state index in [9.17, 15) is 8.78 Å². The van der Waals surface area contributed by atoms with Gasteiger partial charge in [-0.05, 0) is 30.2 Å². The molecule has 0 spiro atoms. The second-order valence-electron chi connectivity index (χ2n) is 4.85. The van der Waals surface area contributed by atoms with Gasteiger partial charge in [0.1, 0.15) is 11.6 Å². The van der Waals surface area contributed by atoms with Crippen molar-refractivity contribution in [1.29, 1.82) is 0 Å². The fourth-order valence-corrected chi connectivity index (χ4v) is 2.22. The number of nitrogens with two attached hydrogens (primary N) is 1. The van der Waals surface area contributed by atoms with Crippen LogP contribution >= 0.6 is 11.6 Å². The Morgan fingerprint density at radius 1 is 1.27 bits per heavy atom. The summed E-state index contributed by atoms with van der Waals surface area (Å²) < 4.78 is 33.3. The molecule has 0 saturated carbocycles. The fourth-order valence-electron chi connectivity index (χ4n) is 2.04. The van der Waals surface area contributed by atoms with Crippen molar-refractivity contribution in [2.24, 2.45) is 5.73 Å². The zero-order chi connectivity index (χ0) is 16.3. The van der Waals surface area contributed by atoms with E-state index in [1.54, 1.807) is 0 Å². The molecule has 0 heterocycles. The van der Waals surface area contributed by atoms with Gasteiger partial charge in [-0.2, -0.15) is 0 Å². The first-order valence-corrected chi connectivity index (χ1v) is 7.15. The third kappa shape index (κ3) is 3.55. The van der Waals surface area contributed by atoms with Gasteiger partial charge in [-0.3, -0.25) is 0 Å². The van der Waals surface area contributed by atoms with Crippen molar-refractivity contribution >= 4 is 11.6 Å². The van der Waals surface area contributed by atoms with Crippen LogP contribution in [0.15, 0.2) is 30.3 Å². The summed E-state index contributed by atoms with van der Waals surface area (Å²) in [5.74, 6) is -1.43. The number of hydrogen-bond donors (Lipinski definition) is 2. The Bertz CT molecular complexity index is 679. The molecule has 22 heavy (non-hydrogen) atoms. The summed E-state index contributed by atoms with van der Waals surface area (Å²) in [6.07, 6.45) is 0.548. The van der Waals surface area contributed by atoms with Crippen LogP contribution in [0.3, 0.4) is 0 Å². The van der Waals surface area contributed by atoms with Crippen LogP contribution in [-0.2, 0) is 6.61 Å². The van der Waals surface area contributed by atoms with Gasteiger partial charge in [0, 0.05) is 17.7 Å². The van der Waals surface area contributed by atoms with Crippen LogP contribution in [-0.4, -0.2) is 5.11 Å². The van der Waals surface area contributed by atoms with Gasteiger partial charge in [-0.25, -0.2) is 8.78 Å². The highest BCUT2D eigenvalue weighted by Crippen LogP contribution is 2.36. The highest BCUT2D eigenvalue weighted by atomic mass is 35.5. The number of rotatable bonds is 5. The van der Waals surface area contributed by atoms with E-state index in [0.717, 1.165) is 12.1 Å². The summed E-state index contributed by atoms with van der Waals surface area (Å²) in [6.45, 7) is 1.48. The molecule has 118 valence electrons. The number of aliphatic hydroxyl groups is 1. The topological polar surface area (TPSA) is 55.5 Å². The first-order chi connectivity index (χ1) is 10.5. The van der Waals surface area contributed by atoms with Crippen LogP contribution in [0.1, 0.15) is 30.5 Å². The number of aliphatic hydroxyl groups excluding tert-OH is 1. The minimum absolute atomic E-state index is 0.0482. The van der Waals surface area contributed by atoms with Crippen molar-refractivity contribution in [2.75, 3.05) is 0 Å². The maximum absolute atomic E-state index is 14.5. The Hall–Kier alpha value is -1.69. The van der Waals surface area contributed by atoms with E-state index in [-0.39, 0.29) is 28.7 Å². The van der Waals surface area contributed by atoms with E-state index in [1.165, 1.54) is 18.2 Å². The summed E-state index contributed by atoms with van der Waals surface area (Å²) >= 11 is 5.96. The molecule has 2 aromatic carbocycles. The number of ether oxygens (including phenoxy) is 1. The molecule has 0 bridgehead atoms. The number of halogens is 3. The van der Waals surface area contributed by atoms with Crippen molar-refractivity contribution in [3.63, 3.8) is 0 Å². The van der Waals surface area contributed by atoms with Gasteiger partial charge in [-0.15, -0.1) is 0 Å². The molecule has 0 aromatic heterocycles. The Kier molecular flexibility index (Phi) is 5.34. The lowest BCUT2D eigenvalue weighted by Crippen LogP contribution is -2.11. The third-order valence-corrected chi connectivity index (χ3v) is 3.55. The van der Waals surface area contributed by atoms with Crippen molar-refractivity contribution in [1.82, 2.24) is 0 Å². The molecule has 1 atom stereocenters. The van der Waals surface area contributed by atoms with Crippen LogP contribution < -0.4 is 10.5 Å². The van der Waals surface area contributed by atoms with E-state index in [0.29, 0.717) is 12.0 Å². The monoisotopic (exact) mass is 327 g/mol. The molecule has 2 aromatic rings. The second-order valence-corrected chi connectivity index (χ2v) is 5.26. The third-order valence-electron chi connectivity index (χ3n) is 3.25. The molecule has 2 rings (SSSR count). The van der Waals surface area contributed by atoms with Gasteiger partial charge in [0.2, 0.25) is 0 Å². The van der Waals surface area contributed by atoms with Crippen LogP contribution in [0, 0.1) is 11.6 Å². The molecule has 3 N–H and O–H groups in total. The molecule has 0 aliphatic heterocycles. The Morgan fingerprint density at radius 3 is 2.64 bits per heavy atom. The molecule has 0 aliphatic carbocycles. The van der Waals surface area contributed by atoms with E-state index in [2.05, 4.69) is 0 Å². The molecule has 0 unspecified atom stereocenters. The predicted molar refractivity (Wildman–Crippen MR) is 81.0 cm³/mol. The largest absolute Gasteiger partial charge is 0.453 e. The summed E-state index contributed by atoms with van der Waals surface area (Å²) in [6, 6.07) is 6.15. The molecular formula is C16H16ClF2NO2. The van der Waals surface area contributed by atoms with Gasteiger partial charge in [-0.1, -0.05) is 24.6 Å². The van der Waals surface area contributed by atoms with Crippen molar-refractivity contribution < 1.29 is 18.6 Å². The zero-order valence-electron chi connectivity index (χ0n) is 11.9. The average molecular weight is 328 g/mol. The Labute approximate surface area is 132 Å². The van der Waals surface area contributed by atoms with Crippen LogP contribution in [0.5, 0.6) is 11.5 Å². The van der Waals surface area contributed by atoms with E-state index >= 15 is 0 Å². The molecular weight excluding hydrogens is 312 g/mol. The second kappa shape index (κ2) is 7.05. The van der Waals surface area contributed by atoms with Crippen molar-refractivity contribution in [3.05, 3.63) is 58.1 Å². The predicted octanol–water partition coefficient (Wildman–Crippen LogP) is 4.31. The zero-order valence-corrected chi connectivity index (χ0v) is 12.7. The first-order valence-electron chi connectivity index (χ1n) is 6.78. The number of benzene rings is 2. The van der Waals surface area contributed by atoms with Gasteiger partial charge >= 0.3 is 0 Å². The maximum Gasteiger partial charge on any atom is 0.181 e. The summed E-state index contributed by atoms with van der Waals surface area (Å²) in [4.78, 5) is 0. The lowest BCUT2D eigenvalue weighted by Gasteiger charge is -2.15. The fraction of sp³-hybridized carbons (Fsp3) is 0.250. The quantitative estimate of drug-likeness (QED) is 0.860. The molecule has 0 fully saturated rings. The Morgan fingerprint density at radius 2 is 2.00 bits per heavy atom. The summed E-state index contributed by atoms with van der Waals surface area (Å²) in [7, 11) is 0. The number of hydrogen-bond acceptors (Lipinski definition) is 3. The smallest absolute Gasteiger partial charge is 0.181 e. The van der Waals surface area contributed by atoms with Gasteiger partial charge in [0.05, 0.1) is 11.6 Å². The first kappa shape index (κ1) is 16.7. The average Bonchev–Trinajstić information content (AvgIpc) is 2.50. The minimum Gasteiger partial charge on any atom is -0.453 e. The molecule has 3 nitrogen and oxygen atoms in total. The molecule has 6 heteroatoms. The van der Waals surface area contributed by atoms with Crippen LogP contribution in [0.25, 0.3) is 0 Å². The maximum atomic E-state index is 14.5. The highest BCUT2D eigenvalue weighted by molar-refractivity contribution is 6.32. The molecule has 0 saturated heterocycles. The molecule has 0 aliphatic rings. The van der Waals surface area contributed by atoms with E-state index < -0.39 is 17.7 Å². The van der Waals surface area contributed by atoms with E-state index in [1.807, 2.05) is 6.92 Å². The lowest BCUT2D eigenvalue weighted by molar-refractivity contribution is 0.280. The summed E-state index contributed by atoms with van der Waals surface area (Å²) in [5.41, 5.74) is 6.44. The van der Waals surface area contributed by atoms with Gasteiger partial charge in [0.25, 0.3) is 0 Å². The highest BCUT2D eigenvalue weighted by Gasteiger charge is 2.18. The normalized spacial score (nSPS) is 12.3. The minimum atomic E-state index is -0.670. The van der Waals surface area contributed by atoms with Crippen LogP contribution in [0.4, 0.5) is 8.78 Å². The molecule has 0 radical (unpaired) electrons.